The van der Waals surface area contributed by atoms with E-state index in [-0.39, 0.29) is 0 Å². The summed E-state index contributed by atoms with van der Waals surface area (Å²) >= 11 is 0. The maximum Gasteiger partial charge on any atom is 0.119 e. The fourth-order valence-corrected chi connectivity index (χ4v) is 3.10. The number of ether oxygens (including phenoxy) is 1. The number of nitrogens with one attached hydrogen (secondary N) is 1. The van der Waals surface area contributed by atoms with E-state index in [1.165, 1.54) is 17.5 Å². The number of benzene rings is 1. The van der Waals surface area contributed by atoms with Gasteiger partial charge in [0.05, 0.1) is 7.11 Å². The molecule has 0 radical (unpaired) electrons. The number of rotatable bonds is 3. The molecule has 1 N–H and O–H groups in total. The van der Waals surface area contributed by atoms with Crippen LogP contribution in [0.25, 0.3) is 0 Å². The highest BCUT2D eigenvalue weighted by molar-refractivity contribution is 5.44. The summed E-state index contributed by atoms with van der Waals surface area (Å²) in [6.45, 7) is 4.61. The first kappa shape index (κ1) is 11.5. The van der Waals surface area contributed by atoms with Crippen molar-refractivity contribution in [1.82, 2.24) is 5.32 Å². The molecule has 3 atom stereocenters. The van der Waals surface area contributed by atoms with Gasteiger partial charge < -0.3 is 10.1 Å². The fourth-order valence-electron chi connectivity index (χ4n) is 3.10. The molecule has 1 aliphatic rings. The lowest BCUT2D eigenvalue weighted by molar-refractivity contribution is 0.379. The number of fused-ring (bicyclic) bond motifs is 1. The molecule has 16 heavy (non-hydrogen) atoms. The number of hydrogen-bond donors (Lipinski definition) is 1. The maximum atomic E-state index is 5.31. The van der Waals surface area contributed by atoms with Crippen LogP contribution >= 0.6 is 0 Å². The minimum atomic E-state index is 0.468. The minimum Gasteiger partial charge on any atom is -0.497 e. The van der Waals surface area contributed by atoms with E-state index in [9.17, 15) is 0 Å². The third-order valence-corrected chi connectivity index (χ3v) is 3.94. The van der Waals surface area contributed by atoms with Crippen LogP contribution in [0.15, 0.2) is 18.2 Å². The van der Waals surface area contributed by atoms with Gasteiger partial charge in [0, 0.05) is 6.04 Å². The monoisotopic (exact) mass is 219 g/mol. The first-order valence-electron chi connectivity index (χ1n) is 6.08. The molecule has 0 aromatic heterocycles. The number of methoxy groups -OCH3 is 1. The predicted molar refractivity (Wildman–Crippen MR) is 67.0 cm³/mol. The molecule has 0 spiro atoms. The van der Waals surface area contributed by atoms with Crippen molar-refractivity contribution >= 4 is 0 Å². The van der Waals surface area contributed by atoms with Crippen molar-refractivity contribution < 1.29 is 4.74 Å². The summed E-state index contributed by atoms with van der Waals surface area (Å²) in [5.41, 5.74) is 2.91. The lowest BCUT2D eigenvalue weighted by atomic mass is 9.90. The fraction of sp³-hybridized carbons (Fsp3) is 0.571. The second kappa shape index (κ2) is 4.46. The largest absolute Gasteiger partial charge is 0.497 e. The molecule has 1 aromatic carbocycles. The zero-order valence-corrected chi connectivity index (χ0v) is 10.6. The van der Waals surface area contributed by atoms with Gasteiger partial charge in [-0.15, -0.1) is 0 Å². The molecule has 0 aliphatic heterocycles. The van der Waals surface area contributed by atoms with Crippen LogP contribution in [0, 0.1) is 5.92 Å². The van der Waals surface area contributed by atoms with Crippen molar-refractivity contribution in [2.75, 3.05) is 14.2 Å². The Hall–Kier alpha value is -1.02. The van der Waals surface area contributed by atoms with Crippen molar-refractivity contribution in [2.24, 2.45) is 5.92 Å². The summed E-state index contributed by atoms with van der Waals surface area (Å²) < 4.78 is 5.31. The van der Waals surface area contributed by atoms with Crippen LogP contribution in [0.5, 0.6) is 5.75 Å². The molecular formula is C14H21NO. The highest BCUT2D eigenvalue weighted by atomic mass is 16.5. The van der Waals surface area contributed by atoms with Crippen molar-refractivity contribution in [2.45, 2.75) is 32.2 Å². The van der Waals surface area contributed by atoms with E-state index in [0.717, 1.165) is 5.75 Å². The Labute approximate surface area is 98.0 Å². The van der Waals surface area contributed by atoms with Crippen LogP contribution < -0.4 is 10.1 Å². The third-order valence-electron chi connectivity index (χ3n) is 3.94. The highest BCUT2D eigenvalue weighted by Gasteiger charge is 2.35. The van der Waals surface area contributed by atoms with E-state index in [4.69, 9.17) is 4.74 Å². The summed E-state index contributed by atoms with van der Waals surface area (Å²) in [5.74, 6) is 2.30. The van der Waals surface area contributed by atoms with Crippen LogP contribution in [0.2, 0.25) is 0 Å². The van der Waals surface area contributed by atoms with Crippen LogP contribution in [0.4, 0.5) is 0 Å². The lowest BCUT2D eigenvalue weighted by Crippen LogP contribution is -2.20. The van der Waals surface area contributed by atoms with E-state index < -0.39 is 0 Å². The van der Waals surface area contributed by atoms with Gasteiger partial charge in [-0.05, 0) is 48.6 Å². The lowest BCUT2D eigenvalue weighted by Gasteiger charge is -2.19. The van der Waals surface area contributed by atoms with Gasteiger partial charge >= 0.3 is 0 Å². The Morgan fingerprint density at radius 2 is 2.06 bits per heavy atom. The first-order valence-corrected chi connectivity index (χ1v) is 6.08. The standard InChI is InChI=1S/C14H21NO/c1-5-11-9(2)14(15-3)13-8-10(16-4)6-7-12(11)13/h6-9,11,14-15H,5H2,1-4H3. The van der Waals surface area contributed by atoms with Gasteiger partial charge in [0.1, 0.15) is 5.75 Å². The second-order valence-corrected chi connectivity index (χ2v) is 4.64. The van der Waals surface area contributed by atoms with Crippen LogP contribution in [-0.4, -0.2) is 14.2 Å². The minimum absolute atomic E-state index is 0.468. The molecule has 2 nitrogen and oxygen atoms in total. The van der Waals surface area contributed by atoms with E-state index >= 15 is 0 Å². The van der Waals surface area contributed by atoms with E-state index in [1.54, 1.807) is 7.11 Å². The van der Waals surface area contributed by atoms with Crippen molar-refractivity contribution in [3.63, 3.8) is 0 Å². The summed E-state index contributed by atoms with van der Waals surface area (Å²) in [6, 6.07) is 6.96. The normalized spacial score (nSPS) is 27.9. The zero-order chi connectivity index (χ0) is 11.7. The van der Waals surface area contributed by atoms with Crippen LogP contribution in [0.3, 0.4) is 0 Å². The Kier molecular flexibility index (Phi) is 3.20. The topological polar surface area (TPSA) is 21.3 Å². The molecule has 0 saturated heterocycles. The average molecular weight is 219 g/mol. The molecule has 1 aliphatic carbocycles. The van der Waals surface area contributed by atoms with Gasteiger partial charge in [0.15, 0.2) is 0 Å². The Bertz CT molecular complexity index is 375. The highest BCUT2D eigenvalue weighted by Crippen LogP contribution is 2.47. The summed E-state index contributed by atoms with van der Waals surface area (Å²) in [7, 11) is 3.77. The molecule has 0 fully saturated rings. The predicted octanol–water partition coefficient (Wildman–Crippen LogP) is 3.10. The summed E-state index contributed by atoms with van der Waals surface area (Å²) in [4.78, 5) is 0. The molecular weight excluding hydrogens is 198 g/mol. The third kappa shape index (κ3) is 1.61. The molecule has 0 saturated carbocycles. The SMILES string of the molecule is CCC1c2ccc(OC)cc2C(NC)C1C. The van der Waals surface area contributed by atoms with Gasteiger partial charge in [0.2, 0.25) is 0 Å². The van der Waals surface area contributed by atoms with Gasteiger partial charge in [-0.2, -0.15) is 0 Å². The van der Waals surface area contributed by atoms with Gasteiger partial charge in [0.25, 0.3) is 0 Å². The average Bonchev–Trinajstić information content (AvgIpc) is 2.59. The van der Waals surface area contributed by atoms with Crippen LogP contribution in [0.1, 0.15) is 43.4 Å². The molecule has 3 unspecified atom stereocenters. The van der Waals surface area contributed by atoms with Gasteiger partial charge in [-0.25, -0.2) is 0 Å². The molecule has 0 bridgehead atoms. The summed E-state index contributed by atoms with van der Waals surface area (Å²) in [5, 5.41) is 3.43. The van der Waals surface area contributed by atoms with Gasteiger partial charge in [-0.3, -0.25) is 0 Å². The maximum absolute atomic E-state index is 5.31. The summed E-state index contributed by atoms with van der Waals surface area (Å²) in [6.07, 6.45) is 1.21. The molecule has 0 heterocycles. The van der Waals surface area contributed by atoms with Crippen molar-refractivity contribution in [1.29, 1.82) is 0 Å². The molecule has 0 amide bonds. The Balaban J connectivity index is 2.46. The van der Waals surface area contributed by atoms with E-state index in [1.807, 2.05) is 7.05 Å². The Morgan fingerprint density at radius 3 is 2.62 bits per heavy atom. The van der Waals surface area contributed by atoms with E-state index in [2.05, 4.69) is 37.4 Å². The van der Waals surface area contributed by atoms with E-state index in [0.29, 0.717) is 17.9 Å². The molecule has 2 heteroatoms. The molecule has 2 rings (SSSR count). The first-order chi connectivity index (χ1) is 7.72. The van der Waals surface area contributed by atoms with Crippen molar-refractivity contribution in [3.05, 3.63) is 29.3 Å². The molecule has 1 aromatic rings. The number of hydrogen-bond acceptors (Lipinski definition) is 2. The van der Waals surface area contributed by atoms with Gasteiger partial charge in [-0.1, -0.05) is 19.9 Å². The second-order valence-electron chi connectivity index (χ2n) is 4.64. The molecule has 88 valence electrons. The quantitative estimate of drug-likeness (QED) is 0.843. The van der Waals surface area contributed by atoms with Crippen LogP contribution in [-0.2, 0) is 0 Å². The Morgan fingerprint density at radius 1 is 1.31 bits per heavy atom. The zero-order valence-electron chi connectivity index (χ0n) is 10.6. The van der Waals surface area contributed by atoms with Crippen molar-refractivity contribution in [3.8, 4) is 5.75 Å². The smallest absolute Gasteiger partial charge is 0.119 e.